The maximum atomic E-state index is 12.7. The highest BCUT2D eigenvalue weighted by molar-refractivity contribution is 5.92. The number of pyridine rings is 1. The standard InChI is InChI=1S/C22H25N9O/c1-29-8-10-30(11-9-29)21-17-4-7-31(22(17)27-15-26-21)14-20(32)28-19-3-2-16(12-25-19)18-13-23-5-6-24-18/h2-4,6-7,12-13,15,23H,5,8-11,14H2,1H3,(H,25,28,32). The van der Waals surface area contributed by atoms with Crippen LogP contribution >= 0.6 is 0 Å². The van der Waals surface area contributed by atoms with Crippen LogP contribution in [0.4, 0.5) is 11.6 Å². The zero-order valence-corrected chi connectivity index (χ0v) is 17.9. The SMILES string of the molecule is CN1CCN(c2ncnc3c2ccn3CC(=O)Nc2ccc(C3=CNCC=N3)cn2)CC1. The number of hydrogen-bond acceptors (Lipinski definition) is 8. The van der Waals surface area contributed by atoms with E-state index in [1.807, 2.05) is 35.3 Å². The van der Waals surface area contributed by atoms with Gasteiger partial charge in [-0.2, -0.15) is 0 Å². The van der Waals surface area contributed by atoms with Gasteiger partial charge in [-0.15, -0.1) is 0 Å². The van der Waals surface area contributed by atoms with Gasteiger partial charge in [-0.05, 0) is 25.2 Å². The van der Waals surface area contributed by atoms with Gasteiger partial charge in [0.15, 0.2) is 0 Å². The molecule has 0 atom stereocenters. The summed E-state index contributed by atoms with van der Waals surface area (Å²) in [5, 5.41) is 6.93. The van der Waals surface area contributed by atoms with Gasteiger partial charge in [0.1, 0.15) is 30.2 Å². The first-order valence-electron chi connectivity index (χ1n) is 10.6. The van der Waals surface area contributed by atoms with Crippen LogP contribution in [0.3, 0.4) is 0 Å². The Kier molecular flexibility index (Phi) is 5.51. The fourth-order valence-electron chi connectivity index (χ4n) is 3.89. The molecule has 5 rings (SSSR count). The highest BCUT2D eigenvalue weighted by Gasteiger charge is 2.19. The minimum Gasteiger partial charge on any atom is -0.384 e. The molecule has 0 bridgehead atoms. The first kappa shape index (κ1) is 20.1. The van der Waals surface area contributed by atoms with Crippen LogP contribution in [0.15, 0.2) is 48.1 Å². The van der Waals surface area contributed by atoms with Crippen molar-refractivity contribution in [1.82, 2.24) is 29.7 Å². The van der Waals surface area contributed by atoms with Crippen molar-refractivity contribution in [3.05, 3.63) is 48.7 Å². The molecule has 5 heterocycles. The van der Waals surface area contributed by atoms with E-state index in [1.165, 1.54) is 0 Å². The minimum atomic E-state index is -0.168. The van der Waals surface area contributed by atoms with Gasteiger partial charge in [-0.25, -0.2) is 15.0 Å². The molecule has 10 heteroatoms. The Bertz CT molecular complexity index is 1170. The maximum absolute atomic E-state index is 12.7. The fourth-order valence-corrected chi connectivity index (χ4v) is 3.89. The van der Waals surface area contributed by atoms with Crippen molar-refractivity contribution in [3.8, 4) is 0 Å². The highest BCUT2D eigenvalue weighted by Crippen LogP contribution is 2.25. The summed E-state index contributed by atoms with van der Waals surface area (Å²) < 4.78 is 1.84. The van der Waals surface area contributed by atoms with Crippen LogP contribution < -0.4 is 15.5 Å². The molecule has 0 saturated carbocycles. The number of piperazine rings is 1. The lowest BCUT2D eigenvalue weighted by molar-refractivity contribution is -0.116. The van der Waals surface area contributed by atoms with Crippen molar-refractivity contribution >= 4 is 40.5 Å². The molecular formula is C22H25N9O. The molecule has 1 saturated heterocycles. The third kappa shape index (κ3) is 4.17. The average Bonchev–Trinajstić information content (AvgIpc) is 3.23. The number of aromatic nitrogens is 4. The fraction of sp³-hybridized carbons (Fsp3) is 0.318. The summed E-state index contributed by atoms with van der Waals surface area (Å²) >= 11 is 0. The van der Waals surface area contributed by atoms with E-state index in [0.29, 0.717) is 5.82 Å². The number of aliphatic imine (C=N–C) groups is 1. The monoisotopic (exact) mass is 431 g/mol. The smallest absolute Gasteiger partial charge is 0.245 e. The molecular weight excluding hydrogens is 406 g/mol. The Balaban J connectivity index is 1.27. The number of rotatable bonds is 5. The second-order valence-corrected chi connectivity index (χ2v) is 7.90. The van der Waals surface area contributed by atoms with Gasteiger partial charge in [0.05, 0.1) is 11.1 Å². The van der Waals surface area contributed by atoms with E-state index in [4.69, 9.17) is 0 Å². The quantitative estimate of drug-likeness (QED) is 0.625. The second kappa shape index (κ2) is 8.75. The lowest BCUT2D eigenvalue weighted by atomic mass is 10.2. The number of amides is 1. The second-order valence-electron chi connectivity index (χ2n) is 7.90. The number of fused-ring (bicyclic) bond motifs is 1. The van der Waals surface area contributed by atoms with E-state index >= 15 is 0 Å². The van der Waals surface area contributed by atoms with Gasteiger partial charge >= 0.3 is 0 Å². The van der Waals surface area contributed by atoms with Gasteiger partial charge in [0.25, 0.3) is 0 Å². The molecule has 0 radical (unpaired) electrons. The Morgan fingerprint density at radius 3 is 2.75 bits per heavy atom. The summed E-state index contributed by atoms with van der Waals surface area (Å²) in [6.45, 7) is 4.72. The van der Waals surface area contributed by atoms with E-state index in [2.05, 4.69) is 47.4 Å². The normalized spacial score (nSPS) is 16.7. The molecule has 2 N–H and O–H groups in total. The number of nitrogens with zero attached hydrogens (tertiary/aromatic N) is 7. The van der Waals surface area contributed by atoms with Crippen molar-refractivity contribution in [2.24, 2.45) is 4.99 Å². The lowest BCUT2D eigenvalue weighted by Gasteiger charge is -2.33. The molecule has 164 valence electrons. The van der Waals surface area contributed by atoms with Crippen LogP contribution in [0.5, 0.6) is 0 Å². The van der Waals surface area contributed by atoms with Gasteiger partial charge in [0, 0.05) is 63.1 Å². The first-order valence-corrected chi connectivity index (χ1v) is 10.6. The third-order valence-corrected chi connectivity index (χ3v) is 5.66. The molecule has 3 aromatic heterocycles. The number of carbonyl (C=O) groups excluding carboxylic acids is 1. The first-order chi connectivity index (χ1) is 15.7. The van der Waals surface area contributed by atoms with Crippen LogP contribution in [0, 0.1) is 0 Å². The van der Waals surface area contributed by atoms with E-state index in [9.17, 15) is 4.79 Å². The predicted molar refractivity (Wildman–Crippen MR) is 125 cm³/mol. The zero-order valence-electron chi connectivity index (χ0n) is 17.9. The third-order valence-electron chi connectivity index (χ3n) is 5.66. The molecule has 0 spiro atoms. The van der Waals surface area contributed by atoms with Crippen molar-refractivity contribution in [2.75, 3.05) is 50.0 Å². The summed E-state index contributed by atoms with van der Waals surface area (Å²) in [7, 11) is 2.13. The Labute approximate surface area is 185 Å². The van der Waals surface area contributed by atoms with Gasteiger partial charge in [0.2, 0.25) is 5.91 Å². The lowest BCUT2D eigenvalue weighted by Crippen LogP contribution is -2.44. The van der Waals surface area contributed by atoms with E-state index in [-0.39, 0.29) is 12.5 Å². The summed E-state index contributed by atoms with van der Waals surface area (Å²) in [5.41, 5.74) is 2.45. The average molecular weight is 432 g/mol. The largest absolute Gasteiger partial charge is 0.384 e. The van der Waals surface area contributed by atoms with Gasteiger partial charge < -0.3 is 25.0 Å². The molecule has 0 unspecified atom stereocenters. The topological polar surface area (TPSA) is 104 Å². The van der Waals surface area contributed by atoms with Gasteiger partial charge in [-0.1, -0.05) is 0 Å². The minimum absolute atomic E-state index is 0.144. The molecule has 0 aromatic carbocycles. The van der Waals surface area contributed by atoms with E-state index < -0.39 is 0 Å². The molecule has 0 aliphatic carbocycles. The zero-order chi connectivity index (χ0) is 21.9. The Morgan fingerprint density at radius 1 is 1.12 bits per heavy atom. The van der Waals surface area contributed by atoms with E-state index in [1.54, 1.807) is 18.6 Å². The van der Waals surface area contributed by atoms with E-state index in [0.717, 1.165) is 60.8 Å². The van der Waals surface area contributed by atoms with Crippen molar-refractivity contribution in [2.45, 2.75) is 6.54 Å². The summed E-state index contributed by atoms with van der Waals surface area (Å²) in [6, 6.07) is 5.65. The maximum Gasteiger partial charge on any atom is 0.245 e. The Hall–Kier alpha value is -3.79. The summed E-state index contributed by atoms with van der Waals surface area (Å²) in [4.78, 5) is 34.9. The predicted octanol–water partition coefficient (Wildman–Crippen LogP) is 1.19. The van der Waals surface area contributed by atoms with Crippen molar-refractivity contribution < 1.29 is 4.79 Å². The number of anilines is 2. The highest BCUT2D eigenvalue weighted by atomic mass is 16.2. The van der Waals surface area contributed by atoms with Crippen LogP contribution in [0.2, 0.25) is 0 Å². The molecule has 2 aliphatic heterocycles. The summed E-state index contributed by atoms with van der Waals surface area (Å²) in [6.07, 6.45) is 8.82. The molecule has 3 aromatic rings. The van der Waals surface area contributed by atoms with Crippen LogP contribution in [-0.4, -0.2) is 76.3 Å². The summed E-state index contributed by atoms with van der Waals surface area (Å²) in [5.74, 6) is 1.25. The number of likely N-dealkylation sites (N-methyl/N-ethyl adjacent to an activating group) is 1. The number of nitrogens with one attached hydrogen (secondary N) is 2. The number of carbonyl (C=O) groups is 1. The van der Waals surface area contributed by atoms with Gasteiger partial charge in [-0.3, -0.25) is 9.79 Å². The van der Waals surface area contributed by atoms with Crippen molar-refractivity contribution in [3.63, 3.8) is 0 Å². The van der Waals surface area contributed by atoms with Crippen molar-refractivity contribution in [1.29, 1.82) is 0 Å². The molecule has 2 aliphatic rings. The van der Waals surface area contributed by atoms with Crippen LogP contribution in [-0.2, 0) is 11.3 Å². The molecule has 1 fully saturated rings. The molecule has 1 amide bonds. The van der Waals surface area contributed by atoms with Crippen LogP contribution in [0.1, 0.15) is 5.56 Å². The van der Waals surface area contributed by atoms with Crippen LogP contribution in [0.25, 0.3) is 16.7 Å². The molecule has 10 nitrogen and oxygen atoms in total. The number of hydrogen-bond donors (Lipinski definition) is 2. The Morgan fingerprint density at radius 2 is 2.00 bits per heavy atom. The molecule has 32 heavy (non-hydrogen) atoms.